The third kappa shape index (κ3) is 3.83. The number of aliphatic hydroxyl groups excluding tert-OH is 1. The van der Waals surface area contributed by atoms with Gasteiger partial charge in [-0.1, -0.05) is 25.1 Å². The molecule has 0 aromatic heterocycles. The zero-order valence-corrected chi connectivity index (χ0v) is 8.76. The smallest absolute Gasteiger partial charge is 0.0441 e. The molecule has 0 saturated carbocycles. The molecule has 1 atom stereocenters. The van der Waals surface area contributed by atoms with Crippen LogP contribution in [0.2, 0.25) is 0 Å². The molecular weight excluding hydrogens is 180 g/mol. The van der Waals surface area contributed by atoms with Gasteiger partial charge >= 0.3 is 0 Å². The molecule has 0 aliphatic carbocycles. The van der Waals surface area contributed by atoms with E-state index in [1.165, 1.54) is 4.90 Å². The van der Waals surface area contributed by atoms with Crippen LogP contribution < -0.4 is 0 Å². The standard InChI is InChI=1S/C11H16OS/c1-2-10(8-9-12)13-11-6-4-3-5-7-11/h3-7,10,12H,2,8-9H2,1H3/t10-/m0/s1. The molecule has 0 aliphatic rings. The molecule has 0 radical (unpaired) electrons. The van der Waals surface area contributed by atoms with Gasteiger partial charge in [0.2, 0.25) is 0 Å². The lowest BCUT2D eigenvalue weighted by molar-refractivity contribution is 0.286. The van der Waals surface area contributed by atoms with Gasteiger partial charge in [0.05, 0.1) is 0 Å². The third-order valence-electron chi connectivity index (χ3n) is 1.95. The summed E-state index contributed by atoms with van der Waals surface area (Å²) in [7, 11) is 0. The number of benzene rings is 1. The van der Waals surface area contributed by atoms with Gasteiger partial charge in [0, 0.05) is 16.8 Å². The summed E-state index contributed by atoms with van der Waals surface area (Å²) in [5.41, 5.74) is 0. The van der Waals surface area contributed by atoms with Gasteiger partial charge in [-0.05, 0) is 25.0 Å². The highest BCUT2D eigenvalue weighted by Crippen LogP contribution is 2.26. The fourth-order valence-corrected chi connectivity index (χ4v) is 2.27. The van der Waals surface area contributed by atoms with Gasteiger partial charge in [-0.15, -0.1) is 11.8 Å². The van der Waals surface area contributed by atoms with Crippen molar-refractivity contribution in [2.45, 2.75) is 29.9 Å². The number of hydrogen-bond acceptors (Lipinski definition) is 2. The van der Waals surface area contributed by atoms with Crippen LogP contribution in [0.15, 0.2) is 35.2 Å². The molecule has 0 aliphatic heterocycles. The highest BCUT2D eigenvalue weighted by Gasteiger charge is 2.06. The zero-order valence-electron chi connectivity index (χ0n) is 7.94. The quantitative estimate of drug-likeness (QED) is 0.731. The second kappa shape index (κ2) is 6.06. The van der Waals surface area contributed by atoms with Crippen LogP contribution in [0.3, 0.4) is 0 Å². The van der Waals surface area contributed by atoms with Crippen LogP contribution in [0.25, 0.3) is 0 Å². The minimum absolute atomic E-state index is 0.290. The molecule has 1 aromatic carbocycles. The topological polar surface area (TPSA) is 20.2 Å². The Hall–Kier alpha value is -0.470. The van der Waals surface area contributed by atoms with E-state index < -0.39 is 0 Å². The Labute approximate surface area is 84.2 Å². The molecule has 1 nitrogen and oxygen atoms in total. The van der Waals surface area contributed by atoms with Crippen molar-refractivity contribution in [1.82, 2.24) is 0 Å². The van der Waals surface area contributed by atoms with E-state index in [0.717, 1.165) is 12.8 Å². The normalized spacial score (nSPS) is 12.8. The zero-order chi connectivity index (χ0) is 9.52. The summed E-state index contributed by atoms with van der Waals surface area (Å²) < 4.78 is 0. The molecule has 1 rings (SSSR count). The van der Waals surface area contributed by atoms with Crippen molar-refractivity contribution in [3.8, 4) is 0 Å². The van der Waals surface area contributed by atoms with Crippen molar-refractivity contribution in [3.05, 3.63) is 30.3 Å². The van der Waals surface area contributed by atoms with Crippen LogP contribution in [0.5, 0.6) is 0 Å². The fourth-order valence-electron chi connectivity index (χ4n) is 1.18. The molecule has 0 saturated heterocycles. The van der Waals surface area contributed by atoms with Crippen molar-refractivity contribution in [2.75, 3.05) is 6.61 Å². The van der Waals surface area contributed by atoms with Crippen LogP contribution in [0, 0.1) is 0 Å². The molecule has 0 unspecified atom stereocenters. The Kier molecular flexibility index (Phi) is 4.94. The van der Waals surface area contributed by atoms with Crippen molar-refractivity contribution in [1.29, 1.82) is 0 Å². The van der Waals surface area contributed by atoms with Crippen molar-refractivity contribution in [2.24, 2.45) is 0 Å². The summed E-state index contributed by atoms with van der Waals surface area (Å²) in [5.74, 6) is 0. The SMILES string of the molecule is CC[C@@H](CCO)Sc1ccccc1. The van der Waals surface area contributed by atoms with Crippen molar-refractivity contribution < 1.29 is 5.11 Å². The molecule has 72 valence electrons. The predicted molar refractivity (Wildman–Crippen MR) is 58.1 cm³/mol. The van der Waals surface area contributed by atoms with Gasteiger partial charge in [-0.3, -0.25) is 0 Å². The van der Waals surface area contributed by atoms with E-state index in [-0.39, 0.29) is 0 Å². The van der Waals surface area contributed by atoms with E-state index in [1.807, 2.05) is 30.0 Å². The monoisotopic (exact) mass is 196 g/mol. The highest BCUT2D eigenvalue weighted by molar-refractivity contribution is 8.00. The third-order valence-corrected chi connectivity index (χ3v) is 3.40. The van der Waals surface area contributed by atoms with Crippen LogP contribution in [-0.2, 0) is 0 Å². The molecule has 1 aromatic rings. The van der Waals surface area contributed by atoms with Crippen LogP contribution in [-0.4, -0.2) is 17.0 Å². The summed E-state index contributed by atoms with van der Waals surface area (Å²) in [6.07, 6.45) is 2.00. The van der Waals surface area contributed by atoms with E-state index in [2.05, 4.69) is 19.1 Å². The maximum atomic E-state index is 8.83. The largest absolute Gasteiger partial charge is 0.396 e. The molecular formula is C11H16OS. The van der Waals surface area contributed by atoms with Gasteiger partial charge < -0.3 is 5.11 Å². The predicted octanol–water partition coefficient (Wildman–Crippen LogP) is 2.94. The minimum Gasteiger partial charge on any atom is -0.396 e. The van der Waals surface area contributed by atoms with Gasteiger partial charge in [-0.25, -0.2) is 0 Å². The Balaban J connectivity index is 2.46. The summed E-state index contributed by atoms with van der Waals surface area (Å²) in [6.45, 7) is 2.45. The van der Waals surface area contributed by atoms with E-state index >= 15 is 0 Å². The van der Waals surface area contributed by atoms with Crippen LogP contribution >= 0.6 is 11.8 Å². The van der Waals surface area contributed by atoms with Gasteiger partial charge in [0.15, 0.2) is 0 Å². The summed E-state index contributed by atoms with van der Waals surface area (Å²) in [6, 6.07) is 10.4. The van der Waals surface area contributed by atoms with Gasteiger partial charge in [-0.2, -0.15) is 0 Å². The summed E-state index contributed by atoms with van der Waals surface area (Å²) in [5, 5.41) is 9.38. The number of aliphatic hydroxyl groups is 1. The Bertz CT molecular complexity index is 223. The number of hydrogen-bond donors (Lipinski definition) is 1. The lowest BCUT2D eigenvalue weighted by Crippen LogP contribution is -2.02. The van der Waals surface area contributed by atoms with E-state index in [0.29, 0.717) is 11.9 Å². The first kappa shape index (κ1) is 10.6. The lowest BCUT2D eigenvalue weighted by atomic mass is 10.2. The molecule has 13 heavy (non-hydrogen) atoms. The average molecular weight is 196 g/mol. The van der Waals surface area contributed by atoms with Crippen LogP contribution in [0.4, 0.5) is 0 Å². The first-order valence-electron chi connectivity index (χ1n) is 4.69. The van der Waals surface area contributed by atoms with Gasteiger partial charge in [0.1, 0.15) is 0 Å². The second-order valence-corrected chi connectivity index (χ2v) is 4.35. The fraction of sp³-hybridized carbons (Fsp3) is 0.455. The summed E-state index contributed by atoms with van der Waals surface area (Å²) >= 11 is 1.85. The van der Waals surface area contributed by atoms with E-state index in [4.69, 9.17) is 5.11 Å². The lowest BCUT2D eigenvalue weighted by Gasteiger charge is -2.12. The highest BCUT2D eigenvalue weighted by atomic mass is 32.2. The average Bonchev–Trinajstić information content (AvgIpc) is 2.19. The maximum Gasteiger partial charge on any atom is 0.0441 e. The molecule has 2 heteroatoms. The first-order valence-corrected chi connectivity index (χ1v) is 5.57. The van der Waals surface area contributed by atoms with E-state index in [9.17, 15) is 0 Å². The molecule has 1 N–H and O–H groups in total. The Morgan fingerprint density at radius 2 is 2.00 bits per heavy atom. The molecule has 0 bridgehead atoms. The Morgan fingerprint density at radius 3 is 2.54 bits per heavy atom. The Morgan fingerprint density at radius 1 is 1.31 bits per heavy atom. The molecule has 0 amide bonds. The molecule has 0 spiro atoms. The minimum atomic E-state index is 0.290. The maximum absolute atomic E-state index is 8.83. The van der Waals surface area contributed by atoms with Gasteiger partial charge in [0.25, 0.3) is 0 Å². The van der Waals surface area contributed by atoms with Crippen molar-refractivity contribution >= 4 is 11.8 Å². The molecule has 0 heterocycles. The number of rotatable bonds is 5. The van der Waals surface area contributed by atoms with Crippen molar-refractivity contribution in [3.63, 3.8) is 0 Å². The summed E-state index contributed by atoms with van der Waals surface area (Å²) in [4.78, 5) is 1.29. The molecule has 0 fully saturated rings. The van der Waals surface area contributed by atoms with E-state index in [1.54, 1.807) is 0 Å². The van der Waals surface area contributed by atoms with Crippen LogP contribution in [0.1, 0.15) is 19.8 Å². The first-order chi connectivity index (χ1) is 6.36. The number of thioether (sulfide) groups is 1. The second-order valence-electron chi connectivity index (χ2n) is 2.97.